The number of carboxylic acids is 1. The van der Waals surface area contributed by atoms with Crippen LogP contribution in [0, 0.1) is 0 Å². The molecule has 0 radical (unpaired) electrons. The molecule has 0 aromatic heterocycles. The molecule has 0 bridgehead atoms. The van der Waals surface area contributed by atoms with E-state index in [2.05, 4.69) is 0 Å². The predicted molar refractivity (Wildman–Crippen MR) is 42.4 cm³/mol. The number of nitrogens with two attached hydrogens (primary N) is 1. The SMILES string of the molecule is NC(C(=O)O)C1=CCC(F)(F)C=C1. The first-order valence-corrected chi connectivity index (χ1v) is 3.68. The van der Waals surface area contributed by atoms with Gasteiger partial charge in [-0.2, -0.15) is 0 Å². The van der Waals surface area contributed by atoms with Gasteiger partial charge in [0.25, 0.3) is 5.92 Å². The second-order valence-corrected chi connectivity index (χ2v) is 2.82. The molecule has 1 rings (SSSR count). The summed E-state index contributed by atoms with van der Waals surface area (Å²) < 4.78 is 25.0. The van der Waals surface area contributed by atoms with E-state index in [1.54, 1.807) is 0 Å². The lowest BCUT2D eigenvalue weighted by Crippen LogP contribution is -2.33. The van der Waals surface area contributed by atoms with Crippen molar-refractivity contribution >= 4 is 5.97 Å². The highest BCUT2D eigenvalue weighted by Gasteiger charge is 2.28. The van der Waals surface area contributed by atoms with Crippen molar-refractivity contribution in [2.24, 2.45) is 5.73 Å². The van der Waals surface area contributed by atoms with Crippen molar-refractivity contribution in [3.05, 3.63) is 23.8 Å². The van der Waals surface area contributed by atoms with E-state index in [-0.39, 0.29) is 5.57 Å². The van der Waals surface area contributed by atoms with Gasteiger partial charge in [0.1, 0.15) is 6.04 Å². The van der Waals surface area contributed by atoms with E-state index in [9.17, 15) is 13.6 Å². The molecule has 0 heterocycles. The largest absolute Gasteiger partial charge is 0.480 e. The third-order valence-electron chi connectivity index (χ3n) is 1.75. The van der Waals surface area contributed by atoms with Crippen LogP contribution in [0.15, 0.2) is 23.8 Å². The summed E-state index contributed by atoms with van der Waals surface area (Å²) in [5, 5.41) is 8.48. The van der Waals surface area contributed by atoms with Gasteiger partial charge >= 0.3 is 5.97 Å². The molecule has 0 amide bonds. The molecule has 0 spiro atoms. The van der Waals surface area contributed by atoms with Crippen molar-refractivity contribution < 1.29 is 18.7 Å². The van der Waals surface area contributed by atoms with Gasteiger partial charge in [-0.05, 0) is 11.6 Å². The van der Waals surface area contributed by atoms with Gasteiger partial charge < -0.3 is 10.8 Å². The topological polar surface area (TPSA) is 63.3 Å². The van der Waals surface area contributed by atoms with Gasteiger partial charge in [0.05, 0.1) is 0 Å². The highest BCUT2D eigenvalue weighted by Crippen LogP contribution is 2.26. The molecule has 1 unspecified atom stereocenters. The zero-order valence-electron chi connectivity index (χ0n) is 6.71. The number of rotatable bonds is 2. The highest BCUT2D eigenvalue weighted by molar-refractivity contribution is 5.78. The normalized spacial score (nSPS) is 22.2. The molecule has 72 valence electrons. The molecule has 13 heavy (non-hydrogen) atoms. The summed E-state index contributed by atoms with van der Waals surface area (Å²) in [4.78, 5) is 10.4. The van der Waals surface area contributed by atoms with Crippen molar-refractivity contribution in [2.75, 3.05) is 0 Å². The lowest BCUT2D eigenvalue weighted by atomic mass is 9.99. The van der Waals surface area contributed by atoms with Crippen molar-refractivity contribution in [2.45, 2.75) is 18.4 Å². The maximum absolute atomic E-state index is 12.5. The van der Waals surface area contributed by atoms with E-state index in [1.807, 2.05) is 0 Å². The summed E-state index contributed by atoms with van der Waals surface area (Å²) in [5.74, 6) is -4.09. The third kappa shape index (κ3) is 2.35. The van der Waals surface area contributed by atoms with E-state index >= 15 is 0 Å². The Morgan fingerprint density at radius 3 is 2.69 bits per heavy atom. The second-order valence-electron chi connectivity index (χ2n) is 2.82. The molecule has 0 saturated heterocycles. The highest BCUT2D eigenvalue weighted by atomic mass is 19.3. The first kappa shape index (κ1) is 9.85. The molecule has 0 aromatic carbocycles. The van der Waals surface area contributed by atoms with Gasteiger partial charge in [0.2, 0.25) is 0 Å². The summed E-state index contributed by atoms with van der Waals surface area (Å²) in [6.07, 6.45) is 2.39. The van der Waals surface area contributed by atoms with E-state index in [1.165, 1.54) is 0 Å². The lowest BCUT2D eigenvalue weighted by Gasteiger charge is -2.17. The number of carboxylic acid groups (broad SMARTS) is 1. The lowest BCUT2D eigenvalue weighted by molar-refractivity contribution is -0.137. The maximum Gasteiger partial charge on any atom is 0.325 e. The van der Waals surface area contributed by atoms with E-state index in [0.717, 1.165) is 12.2 Å². The summed E-state index contributed by atoms with van der Waals surface area (Å²) in [5.41, 5.74) is 5.44. The summed E-state index contributed by atoms with van der Waals surface area (Å²) >= 11 is 0. The Kier molecular flexibility index (Phi) is 2.47. The van der Waals surface area contributed by atoms with Crippen LogP contribution in [0.4, 0.5) is 8.78 Å². The van der Waals surface area contributed by atoms with Gasteiger partial charge in [-0.3, -0.25) is 4.79 Å². The Bertz CT molecular complexity index is 284. The number of aliphatic carboxylic acids is 1. The van der Waals surface area contributed by atoms with Crippen LogP contribution in [-0.2, 0) is 4.79 Å². The molecular weight excluding hydrogens is 180 g/mol. The standard InChI is InChI=1S/C8H9F2NO2/c9-8(10)3-1-5(2-4-8)6(11)7(12)13/h1-3,6H,4,11H2,(H,12,13). The average Bonchev–Trinajstić information content (AvgIpc) is 2.03. The molecule has 1 aliphatic carbocycles. The average molecular weight is 189 g/mol. The molecule has 3 N–H and O–H groups in total. The Morgan fingerprint density at radius 2 is 2.31 bits per heavy atom. The fraction of sp³-hybridized carbons (Fsp3) is 0.375. The maximum atomic E-state index is 12.5. The van der Waals surface area contributed by atoms with Gasteiger partial charge in [0, 0.05) is 6.42 Å². The van der Waals surface area contributed by atoms with E-state index in [0.29, 0.717) is 6.08 Å². The van der Waals surface area contributed by atoms with Crippen LogP contribution in [0.5, 0.6) is 0 Å². The first-order valence-electron chi connectivity index (χ1n) is 3.68. The molecular formula is C8H9F2NO2. The molecule has 0 saturated carbocycles. The minimum atomic E-state index is -2.87. The quantitative estimate of drug-likeness (QED) is 0.678. The number of hydrogen-bond acceptors (Lipinski definition) is 2. The number of allylic oxidation sites excluding steroid dienone is 2. The van der Waals surface area contributed by atoms with Gasteiger partial charge in [-0.1, -0.05) is 12.2 Å². The fourth-order valence-corrected chi connectivity index (χ4v) is 0.981. The number of hydrogen-bond donors (Lipinski definition) is 2. The summed E-state index contributed by atoms with van der Waals surface area (Å²) in [6.45, 7) is 0. The molecule has 1 atom stereocenters. The monoisotopic (exact) mass is 189 g/mol. The Balaban J connectivity index is 2.73. The smallest absolute Gasteiger partial charge is 0.325 e. The van der Waals surface area contributed by atoms with Gasteiger partial charge in [-0.15, -0.1) is 0 Å². The zero-order chi connectivity index (χ0) is 10.1. The molecule has 1 aliphatic rings. The van der Waals surface area contributed by atoms with E-state index in [4.69, 9.17) is 10.8 Å². The molecule has 0 aliphatic heterocycles. The number of carbonyl (C=O) groups is 1. The van der Waals surface area contributed by atoms with Crippen LogP contribution in [0.1, 0.15) is 6.42 Å². The fourth-order valence-electron chi connectivity index (χ4n) is 0.981. The van der Waals surface area contributed by atoms with Crippen LogP contribution in [0.25, 0.3) is 0 Å². The molecule has 0 fully saturated rings. The van der Waals surface area contributed by atoms with Crippen molar-refractivity contribution in [3.63, 3.8) is 0 Å². The van der Waals surface area contributed by atoms with Crippen LogP contribution in [-0.4, -0.2) is 23.0 Å². The van der Waals surface area contributed by atoms with Crippen molar-refractivity contribution in [1.82, 2.24) is 0 Å². The van der Waals surface area contributed by atoms with Crippen molar-refractivity contribution in [3.8, 4) is 0 Å². The molecule has 3 nitrogen and oxygen atoms in total. The van der Waals surface area contributed by atoms with Crippen LogP contribution >= 0.6 is 0 Å². The first-order chi connectivity index (χ1) is 5.92. The number of alkyl halides is 2. The van der Waals surface area contributed by atoms with Gasteiger partial charge in [-0.25, -0.2) is 8.78 Å². The van der Waals surface area contributed by atoms with Crippen LogP contribution in [0.2, 0.25) is 0 Å². The minimum Gasteiger partial charge on any atom is -0.480 e. The Hall–Kier alpha value is -1.23. The van der Waals surface area contributed by atoms with E-state index < -0.39 is 24.4 Å². The third-order valence-corrected chi connectivity index (χ3v) is 1.75. The Morgan fingerprint density at radius 1 is 1.69 bits per heavy atom. The predicted octanol–water partition coefficient (Wildman–Crippen LogP) is 0.920. The summed E-state index contributed by atoms with van der Waals surface area (Å²) in [6, 6.07) is -1.22. The molecule has 5 heteroatoms. The summed E-state index contributed by atoms with van der Waals surface area (Å²) in [7, 11) is 0. The molecule has 0 aromatic rings. The van der Waals surface area contributed by atoms with Crippen molar-refractivity contribution in [1.29, 1.82) is 0 Å². The van der Waals surface area contributed by atoms with Crippen LogP contribution < -0.4 is 5.73 Å². The van der Waals surface area contributed by atoms with Gasteiger partial charge in [0.15, 0.2) is 0 Å². The van der Waals surface area contributed by atoms with Crippen LogP contribution in [0.3, 0.4) is 0 Å². The Labute approximate surface area is 73.5 Å². The minimum absolute atomic E-state index is 0.221. The zero-order valence-corrected chi connectivity index (χ0v) is 6.71. The second kappa shape index (κ2) is 3.26. The number of halogens is 2.